The van der Waals surface area contributed by atoms with Crippen LogP contribution in [0.2, 0.25) is 0 Å². The van der Waals surface area contributed by atoms with Gasteiger partial charge in [-0.2, -0.15) is 0 Å². The Balaban J connectivity index is 0.00000338. The fourth-order valence-electron chi connectivity index (χ4n) is 3.44. The van der Waals surface area contributed by atoms with Gasteiger partial charge in [-0.3, -0.25) is 0 Å². The predicted octanol–water partition coefficient (Wildman–Crippen LogP) is 6.39. The molecule has 2 aromatic rings. The normalized spacial score (nSPS) is 10.8. The first kappa shape index (κ1) is 22.9. The van der Waals surface area contributed by atoms with Crippen molar-refractivity contribution in [2.45, 2.75) is 77.6 Å². The van der Waals surface area contributed by atoms with Crippen LogP contribution in [0.5, 0.6) is 5.75 Å². The molecular weight excluding hydrogens is 344 g/mol. The molecule has 1 aromatic heterocycles. The number of fused-ring (bicyclic) bond motifs is 1. The molecule has 148 valence electrons. The van der Waals surface area contributed by atoms with Crippen molar-refractivity contribution in [3.63, 3.8) is 0 Å². The summed E-state index contributed by atoms with van der Waals surface area (Å²) in [6, 6.07) is 6.27. The summed E-state index contributed by atoms with van der Waals surface area (Å²) in [6.45, 7) is 3.76. The second-order valence-corrected chi connectivity index (χ2v) is 7.06. The van der Waals surface area contributed by atoms with Crippen molar-refractivity contribution in [3.8, 4) is 5.75 Å². The van der Waals surface area contributed by atoms with Crippen LogP contribution in [-0.2, 0) is 6.42 Å². The summed E-state index contributed by atoms with van der Waals surface area (Å²) in [6.07, 6.45) is 16.5. The van der Waals surface area contributed by atoms with Crippen LogP contribution in [0.3, 0.4) is 0 Å². The molecule has 0 saturated carbocycles. The average molecular weight is 381 g/mol. The van der Waals surface area contributed by atoms with E-state index in [4.69, 9.17) is 10.5 Å². The maximum atomic E-state index is 6.02. The molecule has 3 nitrogen and oxygen atoms in total. The molecule has 26 heavy (non-hydrogen) atoms. The third-order valence-electron chi connectivity index (χ3n) is 4.93. The predicted molar refractivity (Wildman–Crippen MR) is 116 cm³/mol. The standard InChI is InChI=1S/C22H36N2O.ClH/c1-2-3-4-5-6-7-8-9-10-11-17-25-21-14-12-13-20-19(15-16-23)18-24-22(20)21;/h12-14,18,24H,2-11,15-17,23H2,1H3;1H. The van der Waals surface area contributed by atoms with Crippen molar-refractivity contribution in [3.05, 3.63) is 30.0 Å². The molecule has 0 radical (unpaired) electrons. The SMILES string of the molecule is CCCCCCCCCCCCOc1cccc2c(CCN)c[nH]c12.Cl. The number of halogens is 1. The molecule has 0 amide bonds. The van der Waals surface area contributed by atoms with Gasteiger partial charge in [-0.1, -0.05) is 76.8 Å². The van der Waals surface area contributed by atoms with Crippen LogP contribution in [0.1, 0.15) is 76.7 Å². The third kappa shape index (κ3) is 7.59. The van der Waals surface area contributed by atoms with Crippen molar-refractivity contribution >= 4 is 23.3 Å². The highest BCUT2D eigenvalue weighted by atomic mass is 35.5. The monoisotopic (exact) mass is 380 g/mol. The van der Waals surface area contributed by atoms with E-state index in [-0.39, 0.29) is 12.4 Å². The second-order valence-electron chi connectivity index (χ2n) is 7.06. The molecule has 2 rings (SSSR count). The van der Waals surface area contributed by atoms with E-state index in [1.54, 1.807) is 0 Å². The Morgan fingerprint density at radius 2 is 1.58 bits per heavy atom. The summed E-state index contributed by atoms with van der Waals surface area (Å²) in [5.74, 6) is 0.969. The van der Waals surface area contributed by atoms with Crippen LogP contribution in [0, 0.1) is 0 Å². The van der Waals surface area contributed by atoms with E-state index in [9.17, 15) is 0 Å². The van der Waals surface area contributed by atoms with Crippen molar-refractivity contribution < 1.29 is 4.74 Å². The zero-order chi connectivity index (χ0) is 17.7. The van der Waals surface area contributed by atoms with Gasteiger partial charge in [0.2, 0.25) is 0 Å². The first-order valence-electron chi connectivity index (χ1n) is 10.3. The van der Waals surface area contributed by atoms with Crippen molar-refractivity contribution in [2.24, 2.45) is 5.73 Å². The Bertz CT molecular complexity index is 597. The van der Waals surface area contributed by atoms with Gasteiger partial charge in [-0.25, -0.2) is 0 Å². The number of hydrogen-bond donors (Lipinski definition) is 2. The minimum Gasteiger partial charge on any atom is -0.491 e. The number of hydrogen-bond acceptors (Lipinski definition) is 2. The number of benzene rings is 1. The molecule has 3 N–H and O–H groups in total. The van der Waals surface area contributed by atoms with E-state index in [1.165, 1.54) is 68.7 Å². The van der Waals surface area contributed by atoms with E-state index in [0.717, 1.165) is 30.7 Å². The fourth-order valence-corrected chi connectivity index (χ4v) is 3.44. The first-order valence-corrected chi connectivity index (χ1v) is 10.3. The summed E-state index contributed by atoms with van der Waals surface area (Å²) in [5, 5.41) is 1.24. The average Bonchev–Trinajstić information content (AvgIpc) is 3.04. The zero-order valence-electron chi connectivity index (χ0n) is 16.4. The summed E-state index contributed by atoms with van der Waals surface area (Å²) in [5.41, 5.74) is 8.07. The van der Waals surface area contributed by atoms with Gasteiger partial charge in [0, 0.05) is 11.6 Å². The molecule has 0 spiro atoms. The maximum Gasteiger partial charge on any atom is 0.143 e. The van der Waals surface area contributed by atoms with Gasteiger partial charge < -0.3 is 15.5 Å². The lowest BCUT2D eigenvalue weighted by molar-refractivity contribution is 0.307. The molecule has 0 atom stereocenters. The third-order valence-corrected chi connectivity index (χ3v) is 4.93. The number of nitrogens with one attached hydrogen (secondary N) is 1. The molecule has 0 aliphatic carbocycles. The molecule has 0 aliphatic heterocycles. The Morgan fingerprint density at radius 1 is 0.923 bits per heavy atom. The van der Waals surface area contributed by atoms with E-state index < -0.39 is 0 Å². The van der Waals surface area contributed by atoms with Crippen LogP contribution in [0.15, 0.2) is 24.4 Å². The van der Waals surface area contributed by atoms with Crippen molar-refractivity contribution in [1.82, 2.24) is 4.98 Å². The minimum absolute atomic E-state index is 0. The number of rotatable bonds is 14. The Kier molecular flexibility index (Phi) is 12.3. The van der Waals surface area contributed by atoms with E-state index in [2.05, 4.69) is 36.3 Å². The summed E-state index contributed by atoms with van der Waals surface area (Å²) in [7, 11) is 0. The number of ether oxygens (including phenoxy) is 1. The van der Waals surface area contributed by atoms with E-state index in [1.807, 2.05) is 0 Å². The summed E-state index contributed by atoms with van der Waals surface area (Å²) in [4.78, 5) is 3.35. The van der Waals surface area contributed by atoms with E-state index >= 15 is 0 Å². The van der Waals surface area contributed by atoms with Crippen LogP contribution in [0.25, 0.3) is 10.9 Å². The molecule has 1 aromatic carbocycles. The Morgan fingerprint density at radius 3 is 2.23 bits per heavy atom. The highest BCUT2D eigenvalue weighted by Gasteiger charge is 2.07. The van der Waals surface area contributed by atoms with Crippen LogP contribution in [-0.4, -0.2) is 18.1 Å². The largest absolute Gasteiger partial charge is 0.491 e. The second kappa shape index (κ2) is 13.9. The molecule has 0 aliphatic rings. The molecular formula is C22H37ClN2O. The van der Waals surface area contributed by atoms with Crippen molar-refractivity contribution in [2.75, 3.05) is 13.2 Å². The Labute approximate surface area is 165 Å². The lowest BCUT2D eigenvalue weighted by Gasteiger charge is -2.08. The van der Waals surface area contributed by atoms with Crippen molar-refractivity contribution in [1.29, 1.82) is 0 Å². The smallest absolute Gasteiger partial charge is 0.143 e. The molecule has 0 bridgehead atoms. The highest BCUT2D eigenvalue weighted by molar-refractivity contribution is 5.88. The van der Waals surface area contributed by atoms with Gasteiger partial charge in [0.05, 0.1) is 12.1 Å². The van der Waals surface area contributed by atoms with Gasteiger partial charge in [0.15, 0.2) is 0 Å². The number of H-pyrrole nitrogens is 1. The topological polar surface area (TPSA) is 51.0 Å². The Hall–Kier alpha value is -1.19. The minimum atomic E-state index is 0. The summed E-state index contributed by atoms with van der Waals surface area (Å²) >= 11 is 0. The van der Waals surface area contributed by atoms with Gasteiger partial charge in [0.1, 0.15) is 5.75 Å². The molecule has 1 heterocycles. The summed E-state index contributed by atoms with van der Waals surface area (Å²) < 4.78 is 6.02. The number of aromatic nitrogens is 1. The molecule has 0 unspecified atom stereocenters. The number of nitrogens with two attached hydrogens (primary N) is 1. The van der Waals surface area contributed by atoms with Crippen LogP contribution >= 0.6 is 12.4 Å². The lowest BCUT2D eigenvalue weighted by atomic mass is 10.1. The molecule has 0 saturated heterocycles. The van der Waals surface area contributed by atoms with Gasteiger partial charge in [-0.15, -0.1) is 12.4 Å². The van der Waals surface area contributed by atoms with Gasteiger partial charge >= 0.3 is 0 Å². The number of aromatic amines is 1. The zero-order valence-corrected chi connectivity index (χ0v) is 17.2. The lowest BCUT2D eigenvalue weighted by Crippen LogP contribution is -2.01. The molecule has 0 fully saturated rings. The first-order chi connectivity index (χ1) is 12.4. The maximum absolute atomic E-state index is 6.02. The molecule has 4 heteroatoms. The fraction of sp³-hybridized carbons (Fsp3) is 0.636. The number of unbranched alkanes of at least 4 members (excludes halogenated alkanes) is 9. The highest BCUT2D eigenvalue weighted by Crippen LogP contribution is 2.27. The number of para-hydroxylation sites is 1. The van der Waals surface area contributed by atoms with Gasteiger partial charge in [0.25, 0.3) is 0 Å². The van der Waals surface area contributed by atoms with Crippen LogP contribution in [0.4, 0.5) is 0 Å². The van der Waals surface area contributed by atoms with E-state index in [0.29, 0.717) is 6.54 Å². The quantitative estimate of drug-likeness (QED) is 0.373. The van der Waals surface area contributed by atoms with Crippen LogP contribution < -0.4 is 10.5 Å². The van der Waals surface area contributed by atoms with Gasteiger partial charge in [-0.05, 0) is 31.0 Å².